The van der Waals surface area contributed by atoms with E-state index in [4.69, 9.17) is 0 Å². The Morgan fingerprint density at radius 3 is 2.44 bits per heavy atom. The Morgan fingerprint density at radius 1 is 1.22 bits per heavy atom. The molecule has 0 aliphatic heterocycles. The van der Waals surface area contributed by atoms with Gasteiger partial charge in [0.15, 0.2) is 24.3 Å². The Balaban J connectivity index is 2.61. The molecule has 1 nitrogen and oxygen atoms in total. The molecule has 48 valence electrons. The van der Waals surface area contributed by atoms with Crippen LogP contribution in [0.5, 0.6) is 0 Å². The molecule has 0 N–H and O–H groups in total. The number of aromatic nitrogens is 1. The van der Waals surface area contributed by atoms with Crippen molar-refractivity contribution < 1.29 is 3.97 Å². The van der Waals surface area contributed by atoms with Gasteiger partial charge < -0.3 is 0 Å². The summed E-state index contributed by atoms with van der Waals surface area (Å²) in [5.41, 5.74) is 0. The summed E-state index contributed by atoms with van der Waals surface area (Å²) in [6.45, 7) is 2.14. The van der Waals surface area contributed by atoms with Crippen molar-refractivity contribution in [2.75, 3.05) is 5.75 Å². The molecule has 2 heteroatoms. The zero-order valence-electron chi connectivity index (χ0n) is 5.45. The van der Waals surface area contributed by atoms with Gasteiger partial charge in [-0.1, -0.05) is 13.0 Å². The summed E-state index contributed by atoms with van der Waals surface area (Å²) in [6, 6.07) is 6.08. The lowest BCUT2D eigenvalue weighted by molar-refractivity contribution is -0.494. The normalized spacial score (nSPS) is 9.44. The van der Waals surface area contributed by atoms with Crippen LogP contribution in [0.1, 0.15) is 6.92 Å². The van der Waals surface area contributed by atoms with Crippen molar-refractivity contribution in [3.8, 4) is 0 Å². The lowest BCUT2D eigenvalue weighted by Gasteiger charge is -1.85. The smallest absolute Gasteiger partial charge is 0.134 e. The van der Waals surface area contributed by atoms with Crippen molar-refractivity contribution >= 4 is 11.9 Å². The Morgan fingerprint density at radius 2 is 1.89 bits per heavy atom. The number of nitrogens with zero attached hydrogens (tertiary/aromatic N) is 1. The van der Waals surface area contributed by atoms with Crippen LogP contribution in [0, 0.1) is 0 Å². The van der Waals surface area contributed by atoms with Gasteiger partial charge in [-0.15, -0.1) is 3.97 Å². The fraction of sp³-hybridized carbons (Fsp3) is 0.286. The number of hydrogen-bond acceptors (Lipinski definition) is 1. The highest BCUT2D eigenvalue weighted by molar-refractivity contribution is 7.92. The second-order valence-electron chi connectivity index (χ2n) is 1.65. The lowest BCUT2D eigenvalue weighted by Crippen LogP contribution is -2.22. The summed E-state index contributed by atoms with van der Waals surface area (Å²) in [5, 5.41) is 0. The molecule has 1 heterocycles. The highest BCUT2D eigenvalue weighted by Gasteiger charge is 1.93. The molecule has 0 amide bonds. The summed E-state index contributed by atoms with van der Waals surface area (Å²) in [6.07, 6.45) is 4.10. The first-order valence-electron chi connectivity index (χ1n) is 3.03. The van der Waals surface area contributed by atoms with Crippen LogP contribution in [0.15, 0.2) is 30.6 Å². The van der Waals surface area contributed by atoms with Gasteiger partial charge in [0, 0.05) is 12.1 Å². The van der Waals surface area contributed by atoms with Gasteiger partial charge in [-0.2, -0.15) is 0 Å². The molecular formula is C7H10NS+. The molecule has 0 bridgehead atoms. The Hall–Kier alpha value is -0.500. The van der Waals surface area contributed by atoms with Crippen LogP contribution in [-0.2, 0) is 0 Å². The van der Waals surface area contributed by atoms with Crippen molar-refractivity contribution in [3.63, 3.8) is 0 Å². The van der Waals surface area contributed by atoms with E-state index in [-0.39, 0.29) is 0 Å². The van der Waals surface area contributed by atoms with Crippen molar-refractivity contribution in [2.24, 2.45) is 0 Å². The lowest BCUT2D eigenvalue weighted by atomic mass is 10.5. The molecule has 0 atom stereocenters. The van der Waals surface area contributed by atoms with E-state index in [2.05, 4.69) is 10.9 Å². The Kier molecular flexibility index (Phi) is 2.58. The van der Waals surface area contributed by atoms with E-state index in [0.717, 1.165) is 5.75 Å². The Bertz CT molecular complexity index is 162. The molecular weight excluding hydrogens is 130 g/mol. The summed E-state index contributed by atoms with van der Waals surface area (Å²) in [5.74, 6) is 1.12. The first kappa shape index (κ1) is 6.62. The second kappa shape index (κ2) is 3.51. The van der Waals surface area contributed by atoms with Crippen LogP contribution in [-0.4, -0.2) is 5.75 Å². The van der Waals surface area contributed by atoms with Crippen molar-refractivity contribution in [1.82, 2.24) is 0 Å². The van der Waals surface area contributed by atoms with Gasteiger partial charge in [0.25, 0.3) is 0 Å². The molecule has 0 aromatic carbocycles. The molecule has 1 rings (SSSR count). The largest absolute Gasteiger partial charge is 0.183 e. The third-order valence-electron chi connectivity index (χ3n) is 0.966. The van der Waals surface area contributed by atoms with Crippen LogP contribution < -0.4 is 3.97 Å². The van der Waals surface area contributed by atoms with E-state index >= 15 is 0 Å². The monoisotopic (exact) mass is 140 g/mol. The molecule has 0 fully saturated rings. The summed E-state index contributed by atoms with van der Waals surface area (Å²) >= 11 is 1.79. The van der Waals surface area contributed by atoms with E-state index in [1.807, 2.05) is 30.6 Å². The van der Waals surface area contributed by atoms with Gasteiger partial charge in [-0.05, 0) is 0 Å². The molecule has 0 spiro atoms. The molecule has 0 aliphatic rings. The van der Waals surface area contributed by atoms with E-state index in [1.54, 1.807) is 11.9 Å². The average Bonchev–Trinajstić information content (AvgIpc) is 1.91. The fourth-order valence-corrected chi connectivity index (χ4v) is 1.23. The quantitative estimate of drug-likeness (QED) is 0.563. The van der Waals surface area contributed by atoms with E-state index in [0.29, 0.717) is 0 Å². The predicted octanol–water partition coefficient (Wildman–Crippen LogP) is 1.49. The van der Waals surface area contributed by atoms with Crippen LogP contribution in [0.2, 0.25) is 0 Å². The van der Waals surface area contributed by atoms with Gasteiger partial charge >= 0.3 is 0 Å². The molecule has 9 heavy (non-hydrogen) atoms. The molecule has 0 saturated carbocycles. The number of hydrogen-bond donors (Lipinski definition) is 0. The number of rotatable bonds is 2. The van der Waals surface area contributed by atoms with Crippen LogP contribution in [0.4, 0.5) is 0 Å². The SMILES string of the molecule is CCS[n+]1ccccc1. The molecule has 0 saturated heterocycles. The van der Waals surface area contributed by atoms with E-state index < -0.39 is 0 Å². The first-order chi connectivity index (χ1) is 4.43. The third kappa shape index (κ3) is 2.06. The van der Waals surface area contributed by atoms with E-state index in [1.165, 1.54) is 0 Å². The zero-order chi connectivity index (χ0) is 6.53. The summed E-state index contributed by atoms with van der Waals surface area (Å²) in [7, 11) is 0. The topological polar surface area (TPSA) is 3.88 Å². The van der Waals surface area contributed by atoms with Gasteiger partial charge in [0.05, 0.1) is 5.75 Å². The van der Waals surface area contributed by atoms with Gasteiger partial charge in [-0.3, -0.25) is 0 Å². The average molecular weight is 140 g/mol. The maximum Gasteiger partial charge on any atom is 0.183 e. The standard InChI is InChI=1S/C7H10NS/c1-2-9-8-6-4-3-5-7-8/h3-7H,2H2,1H3/q+1. The highest BCUT2D eigenvalue weighted by atomic mass is 32.2. The second-order valence-corrected chi connectivity index (χ2v) is 2.91. The molecule has 1 aromatic rings. The minimum Gasteiger partial charge on any atom is -0.134 e. The molecule has 0 unspecified atom stereocenters. The van der Waals surface area contributed by atoms with Crippen molar-refractivity contribution in [2.45, 2.75) is 6.92 Å². The van der Waals surface area contributed by atoms with Gasteiger partial charge in [0.1, 0.15) is 0 Å². The molecule has 0 aliphatic carbocycles. The van der Waals surface area contributed by atoms with Crippen molar-refractivity contribution in [1.29, 1.82) is 0 Å². The van der Waals surface area contributed by atoms with Crippen LogP contribution >= 0.6 is 11.9 Å². The van der Waals surface area contributed by atoms with Gasteiger partial charge in [0.2, 0.25) is 0 Å². The van der Waals surface area contributed by atoms with Gasteiger partial charge in [-0.25, -0.2) is 0 Å². The first-order valence-corrected chi connectivity index (χ1v) is 3.97. The predicted molar refractivity (Wildman–Crippen MR) is 40.2 cm³/mol. The maximum atomic E-state index is 2.14. The minimum absolute atomic E-state index is 1.12. The highest BCUT2D eigenvalue weighted by Crippen LogP contribution is 1.89. The third-order valence-corrected chi connectivity index (χ3v) is 1.77. The van der Waals surface area contributed by atoms with Crippen molar-refractivity contribution in [3.05, 3.63) is 30.6 Å². The fourth-order valence-electron chi connectivity index (χ4n) is 0.618. The molecule has 1 aromatic heterocycles. The van der Waals surface area contributed by atoms with Crippen LogP contribution in [0.25, 0.3) is 0 Å². The number of pyridine rings is 1. The summed E-state index contributed by atoms with van der Waals surface area (Å²) < 4.78 is 2.10. The van der Waals surface area contributed by atoms with E-state index in [9.17, 15) is 0 Å². The minimum atomic E-state index is 1.12. The summed E-state index contributed by atoms with van der Waals surface area (Å²) in [4.78, 5) is 0. The molecule has 0 radical (unpaired) electrons. The Labute approximate surface area is 59.8 Å². The van der Waals surface area contributed by atoms with Crippen LogP contribution in [0.3, 0.4) is 0 Å². The maximum absolute atomic E-state index is 2.14. The zero-order valence-corrected chi connectivity index (χ0v) is 6.27.